The van der Waals surface area contributed by atoms with Crippen molar-refractivity contribution >= 4 is 11.6 Å². The van der Waals surface area contributed by atoms with Gasteiger partial charge in [-0.2, -0.15) is 0 Å². The molecule has 0 radical (unpaired) electrons. The number of halogens is 1. The first kappa shape index (κ1) is 12.4. The second-order valence-electron chi connectivity index (χ2n) is 4.73. The van der Waals surface area contributed by atoms with Crippen molar-refractivity contribution in [2.24, 2.45) is 0 Å². The molecule has 2 aromatic carbocycles. The van der Waals surface area contributed by atoms with Gasteiger partial charge in [0.25, 0.3) is 0 Å². The van der Waals surface area contributed by atoms with E-state index in [0.29, 0.717) is 18.2 Å². The van der Waals surface area contributed by atoms with Crippen LogP contribution in [0.3, 0.4) is 0 Å². The molecule has 0 bridgehead atoms. The molecule has 1 heterocycles. The van der Waals surface area contributed by atoms with Crippen molar-refractivity contribution in [2.45, 2.75) is 13.8 Å². The maximum Gasteiger partial charge on any atom is 0.169 e. The highest BCUT2D eigenvalue weighted by Gasteiger charge is 2.19. The zero-order valence-corrected chi connectivity index (χ0v) is 11.8. The van der Waals surface area contributed by atoms with E-state index in [-0.39, 0.29) is 0 Å². The highest BCUT2D eigenvalue weighted by atomic mass is 35.5. The third-order valence-electron chi connectivity index (χ3n) is 3.50. The average molecular weight is 275 g/mol. The van der Waals surface area contributed by atoms with Gasteiger partial charge in [-0.1, -0.05) is 29.8 Å². The number of fused-ring (bicyclic) bond motifs is 1. The van der Waals surface area contributed by atoms with Gasteiger partial charge in [0.2, 0.25) is 0 Å². The van der Waals surface area contributed by atoms with Crippen LogP contribution in [0, 0.1) is 13.8 Å². The molecule has 3 rings (SSSR count). The van der Waals surface area contributed by atoms with Gasteiger partial charge in [0, 0.05) is 16.7 Å². The van der Waals surface area contributed by atoms with Crippen LogP contribution in [0.4, 0.5) is 0 Å². The average Bonchev–Trinajstić information content (AvgIpc) is 2.41. The molecule has 0 aliphatic carbocycles. The first-order valence-corrected chi connectivity index (χ1v) is 6.70. The summed E-state index contributed by atoms with van der Waals surface area (Å²) in [7, 11) is 0. The Morgan fingerprint density at radius 2 is 1.79 bits per heavy atom. The van der Waals surface area contributed by atoms with Crippen molar-refractivity contribution in [1.82, 2.24) is 0 Å². The number of benzene rings is 2. The van der Waals surface area contributed by atoms with Crippen LogP contribution in [0.15, 0.2) is 30.3 Å². The molecule has 19 heavy (non-hydrogen) atoms. The monoisotopic (exact) mass is 274 g/mol. The number of rotatable bonds is 1. The summed E-state index contributed by atoms with van der Waals surface area (Å²) >= 11 is 6.19. The minimum absolute atomic E-state index is 0.569. The number of hydrogen-bond donors (Lipinski definition) is 0. The van der Waals surface area contributed by atoms with E-state index < -0.39 is 0 Å². The number of hydrogen-bond acceptors (Lipinski definition) is 2. The lowest BCUT2D eigenvalue weighted by molar-refractivity contribution is 0.172. The Kier molecular flexibility index (Phi) is 3.11. The molecular formula is C16H15ClO2. The summed E-state index contributed by atoms with van der Waals surface area (Å²) < 4.78 is 11.4. The topological polar surface area (TPSA) is 18.5 Å². The molecular weight excluding hydrogens is 260 g/mol. The molecule has 2 aromatic rings. The van der Waals surface area contributed by atoms with Crippen LogP contribution < -0.4 is 9.47 Å². The molecule has 0 atom stereocenters. The van der Waals surface area contributed by atoms with E-state index in [1.807, 2.05) is 12.1 Å². The fourth-order valence-electron chi connectivity index (χ4n) is 2.36. The fourth-order valence-corrected chi connectivity index (χ4v) is 2.57. The van der Waals surface area contributed by atoms with Crippen molar-refractivity contribution in [3.05, 3.63) is 46.5 Å². The minimum atomic E-state index is 0.569. The van der Waals surface area contributed by atoms with Crippen LogP contribution in [0.25, 0.3) is 11.1 Å². The van der Waals surface area contributed by atoms with Gasteiger partial charge in [-0.15, -0.1) is 0 Å². The van der Waals surface area contributed by atoms with Gasteiger partial charge >= 0.3 is 0 Å². The fraction of sp³-hybridized carbons (Fsp3) is 0.250. The van der Waals surface area contributed by atoms with E-state index in [2.05, 4.69) is 32.0 Å². The summed E-state index contributed by atoms with van der Waals surface area (Å²) in [6, 6.07) is 10.00. The normalized spacial score (nSPS) is 13.4. The second-order valence-corrected chi connectivity index (χ2v) is 5.16. The summed E-state index contributed by atoms with van der Waals surface area (Å²) in [4.78, 5) is 0. The molecule has 0 spiro atoms. The van der Waals surface area contributed by atoms with Gasteiger partial charge in [-0.3, -0.25) is 0 Å². The van der Waals surface area contributed by atoms with Crippen molar-refractivity contribution in [1.29, 1.82) is 0 Å². The van der Waals surface area contributed by atoms with E-state index in [1.165, 1.54) is 11.1 Å². The standard InChI is InChI=1S/C16H15ClO2/c1-10-4-3-5-13(11(10)2)14-8-12(17)9-15-16(14)19-7-6-18-15/h3-5,8-9H,6-7H2,1-2H3. The first-order chi connectivity index (χ1) is 9.16. The smallest absolute Gasteiger partial charge is 0.169 e. The van der Waals surface area contributed by atoms with E-state index in [0.717, 1.165) is 22.6 Å². The highest BCUT2D eigenvalue weighted by Crippen LogP contribution is 2.43. The third kappa shape index (κ3) is 2.17. The lowest BCUT2D eigenvalue weighted by Crippen LogP contribution is -2.16. The highest BCUT2D eigenvalue weighted by molar-refractivity contribution is 6.31. The van der Waals surface area contributed by atoms with Crippen molar-refractivity contribution in [2.75, 3.05) is 13.2 Å². The minimum Gasteiger partial charge on any atom is -0.486 e. The Bertz CT molecular complexity index is 635. The zero-order valence-electron chi connectivity index (χ0n) is 11.0. The molecule has 0 N–H and O–H groups in total. The Labute approximate surface area is 117 Å². The van der Waals surface area contributed by atoms with E-state index in [9.17, 15) is 0 Å². The summed E-state index contributed by atoms with van der Waals surface area (Å²) in [5.74, 6) is 1.53. The quantitative estimate of drug-likeness (QED) is 0.768. The lowest BCUT2D eigenvalue weighted by Gasteiger charge is -2.22. The van der Waals surface area contributed by atoms with Gasteiger partial charge in [-0.05, 0) is 36.6 Å². The zero-order chi connectivity index (χ0) is 13.4. The van der Waals surface area contributed by atoms with Crippen molar-refractivity contribution in [3.8, 4) is 22.6 Å². The maximum atomic E-state index is 6.19. The molecule has 0 fully saturated rings. The molecule has 3 heteroatoms. The van der Waals surface area contributed by atoms with Crippen LogP contribution in [0.1, 0.15) is 11.1 Å². The van der Waals surface area contributed by atoms with Gasteiger partial charge in [-0.25, -0.2) is 0 Å². The van der Waals surface area contributed by atoms with Gasteiger partial charge < -0.3 is 9.47 Å². The largest absolute Gasteiger partial charge is 0.486 e. The molecule has 2 nitrogen and oxygen atoms in total. The summed E-state index contributed by atoms with van der Waals surface area (Å²) in [6.07, 6.45) is 0. The Morgan fingerprint density at radius 1 is 1.00 bits per heavy atom. The molecule has 0 amide bonds. The van der Waals surface area contributed by atoms with Crippen LogP contribution in [-0.4, -0.2) is 13.2 Å². The summed E-state index contributed by atoms with van der Waals surface area (Å²) in [5, 5.41) is 0.667. The number of ether oxygens (including phenoxy) is 2. The maximum absolute atomic E-state index is 6.19. The molecule has 0 aromatic heterocycles. The summed E-state index contributed by atoms with van der Waals surface area (Å²) in [5.41, 5.74) is 4.64. The molecule has 98 valence electrons. The van der Waals surface area contributed by atoms with Crippen LogP contribution in [0.5, 0.6) is 11.5 Å². The van der Waals surface area contributed by atoms with Crippen molar-refractivity contribution in [3.63, 3.8) is 0 Å². The van der Waals surface area contributed by atoms with E-state index in [1.54, 1.807) is 0 Å². The first-order valence-electron chi connectivity index (χ1n) is 6.32. The van der Waals surface area contributed by atoms with E-state index in [4.69, 9.17) is 21.1 Å². The second kappa shape index (κ2) is 4.78. The Hall–Kier alpha value is -1.67. The van der Waals surface area contributed by atoms with E-state index >= 15 is 0 Å². The lowest BCUT2D eigenvalue weighted by atomic mass is 9.96. The molecule has 1 aliphatic heterocycles. The Morgan fingerprint density at radius 3 is 2.63 bits per heavy atom. The van der Waals surface area contributed by atoms with Gasteiger partial charge in [0.1, 0.15) is 13.2 Å². The Balaban J connectivity index is 2.24. The molecule has 0 saturated heterocycles. The van der Waals surface area contributed by atoms with Crippen molar-refractivity contribution < 1.29 is 9.47 Å². The third-order valence-corrected chi connectivity index (χ3v) is 3.72. The molecule has 1 aliphatic rings. The van der Waals surface area contributed by atoms with Gasteiger partial charge in [0.15, 0.2) is 11.5 Å². The SMILES string of the molecule is Cc1cccc(-c2cc(Cl)cc3c2OCCO3)c1C. The van der Waals surface area contributed by atoms with Crippen LogP contribution >= 0.6 is 11.6 Å². The van der Waals surface area contributed by atoms with Crippen LogP contribution in [-0.2, 0) is 0 Å². The predicted molar refractivity (Wildman–Crippen MR) is 77.4 cm³/mol. The molecule has 0 saturated carbocycles. The predicted octanol–water partition coefficient (Wildman–Crippen LogP) is 4.40. The number of aryl methyl sites for hydroxylation is 1. The van der Waals surface area contributed by atoms with Gasteiger partial charge in [0.05, 0.1) is 0 Å². The molecule has 0 unspecified atom stereocenters. The van der Waals surface area contributed by atoms with Crippen LogP contribution in [0.2, 0.25) is 5.02 Å². The summed E-state index contributed by atoms with van der Waals surface area (Å²) in [6.45, 7) is 5.36.